The van der Waals surface area contributed by atoms with Crippen molar-refractivity contribution >= 4 is 5.91 Å². The van der Waals surface area contributed by atoms with E-state index >= 15 is 0 Å². The van der Waals surface area contributed by atoms with Gasteiger partial charge in [-0.1, -0.05) is 20.8 Å². The molecule has 1 rings (SSSR count). The largest absolute Gasteiger partial charge is 0.396 e. The highest BCUT2D eigenvalue weighted by Crippen LogP contribution is 2.27. The van der Waals surface area contributed by atoms with Gasteiger partial charge in [0.25, 0.3) is 0 Å². The number of rotatable bonds is 2. The van der Waals surface area contributed by atoms with E-state index in [1.54, 1.807) is 0 Å². The van der Waals surface area contributed by atoms with E-state index in [4.69, 9.17) is 5.11 Å². The van der Waals surface area contributed by atoms with Crippen molar-refractivity contribution in [3.8, 4) is 0 Å². The summed E-state index contributed by atoms with van der Waals surface area (Å²) in [6, 6.07) is 0.295. The molecule has 1 aliphatic carbocycles. The van der Waals surface area contributed by atoms with Gasteiger partial charge in [-0.05, 0) is 18.8 Å². The number of nitrogens with one attached hydrogen (secondary N) is 1. The van der Waals surface area contributed by atoms with Gasteiger partial charge in [0, 0.05) is 18.1 Å². The molecule has 0 radical (unpaired) electrons. The number of hydrogen-bond donors (Lipinski definition) is 2. The molecule has 3 heteroatoms. The lowest BCUT2D eigenvalue weighted by Gasteiger charge is -2.36. The Morgan fingerprint density at radius 2 is 2.00 bits per heavy atom. The van der Waals surface area contributed by atoms with Crippen LogP contribution in [0.1, 0.15) is 33.6 Å². The van der Waals surface area contributed by atoms with Gasteiger partial charge in [0.05, 0.1) is 0 Å². The Labute approximate surface area is 79.5 Å². The van der Waals surface area contributed by atoms with Crippen LogP contribution in [-0.2, 0) is 4.79 Å². The lowest BCUT2D eigenvalue weighted by molar-refractivity contribution is -0.130. The molecule has 2 N–H and O–H groups in total. The highest BCUT2D eigenvalue weighted by Gasteiger charge is 2.32. The monoisotopic (exact) mass is 185 g/mol. The van der Waals surface area contributed by atoms with E-state index in [0.717, 1.165) is 12.8 Å². The highest BCUT2D eigenvalue weighted by atomic mass is 16.3. The molecule has 0 atom stereocenters. The zero-order valence-corrected chi connectivity index (χ0v) is 8.63. The molecular weight excluding hydrogens is 166 g/mol. The second-order valence-electron chi connectivity index (χ2n) is 4.94. The first kappa shape index (κ1) is 10.5. The van der Waals surface area contributed by atoms with Crippen molar-refractivity contribution in [1.82, 2.24) is 5.32 Å². The summed E-state index contributed by atoms with van der Waals surface area (Å²) in [7, 11) is 0. The highest BCUT2D eigenvalue weighted by molar-refractivity contribution is 5.81. The fraction of sp³-hybridized carbons (Fsp3) is 0.900. The average Bonchev–Trinajstić information content (AvgIpc) is 1.93. The summed E-state index contributed by atoms with van der Waals surface area (Å²) in [5, 5.41) is 11.8. The third-order valence-electron chi connectivity index (χ3n) is 2.51. The Morgan fingerprint density at radius 3 is 2.38 bits per heavy atom. The first-order valence-electron chi connectivity index (χ1n) is 4.85. The Balaban J connectivity index is 2.25. The molecule has 0 spiro atoms. The molecule has 0 saturated heterocycles. The van der Waals surface area contributed by atoms with Gasteiger partial charge in [-0.2, -0.15) is 0 Å². The molecule has 1 fully saturated rings. The van der Waals surface area contributed by atoms with E-state index in [1.807, 2.05) is 20.8 Å². The number of aliphatic hydroxyl groups is 1. The normalized spacial score (nSPS) is 28.0. The second kappa shape index (κ2) is 3.66. The van der Waals surface area contributed by atoms with Gasteiger partial charge in [-0.15, -0.1) is 0 Å². The van der Waals surface area contributed by atoms with Crippen LogP contribution in [0.3, 0.4) is 0 Å². The van der Waals surface area contributed by atoms with Crippen LogP contribution >= 0.6 is 0 Å². The van der Waals surface area contributed by atoms with Crippen LogP contribution in [0.2, 0.25) is 0 Å². The van der Waals surface area contributed by atoms with Crippen LogP contribution in [0, 0.1) is 11.3 Å². The van der Waals surface area contributed by atoms with E-state index in [2.05, 4.69) is 5.32 Å². The number of amides is 1. The fourth-order valence-electron chi connectivity index (χ4n) is 1.40. The summed E-state index contributed by atoms with van der Waals surface area (Å²) < 4.78 is 0. The first-order chi connectivity index (χ1) is 5.93. The summed E-state index contributed by atoms with van der Waals surface area (Å²) in [5.41, 5.74) is -0.301. The quantitative estimate of drug-likeness (QED) is 0.672. The maximum absolute atomic E-state index is 11.5. The van der Waals surface area contributed by atoms with Crippen molar-refractivity contribution in [3.05, 3.63) is 0 Å². The zero-order chi connectivity index (χ0) is 10.1. The molecule has 3 nitrogen and oxygen atoms in total. The topological polar surface area (TPSA) is 49.3 Å². The molecule has 1 amide bonds. The van der Waals surface area contributed by atoms with Crippen LogP contribution in [0.25, 0.3) is 0 Å². The summed E-state index contributed by atoms with van der Waals surface area (Å²) in [6.07, 6.45) is 1.86. The molecule has 0 aromatic carbocycles. The number of carbonyl (C=O) groups is 1. The lowest BCUT2D eigenvalue weighted by Crippen LogP contribution is -2.48. The van der Waals surface area contributed by atoms with E-state index in [9.17, 15) is 4.79 Å². The third kappa shape index (κ3) is 2.69. The molecule has 76 valence electrons. The number of carbonyl (C=O) groups excluding carboxylic acids is 1. The van der Waals surface area contributed by atoms with E-state index in [-0.39, 0.29) is 17.9 Å². The predicted octanol–water partition coefficient (Wildman–Crippen LogP) is 0.920. The lowest BCUT2D eigenvalue weighted by atomic mass is 9.80. The van der Waals surface area contributed by atoms with E-state index < -0.39 is 0 Å². The van der Waals surface area contributed by atoms with Gasteiger partial charge in [0.2, 0.25) is 5.91 Å². The summed E-state index contributed by atoms with van der Waals surface area (Å²) >= 11 is 0. The molecule has 0 aromatic rings. The number of hydrogen-bond acceptors (Lipinski definition) is 2. The molecule has 0 unspecified atom stereocenters. The Kier molecular flexibility index (Phi) is 2.96. The first-order valence-corrected chi connectivity index (χ1v) is 4.85. The molecule has 13 heavy (non-hydrogen) atoms. The van der Waals surface area contributed by atoms with E-state index in [1.165, 1.54) is 0 Å². The smallest absolute Gasteiger partial charge is 0.225 e. The minimum Gasteiger partial charge on any atom is -0.396 e. The zero-order valence-electron chi connectivity index (χ0n) is 8.63. The maximum Gasteiger partial charge on any atom is 0.225 e. The molecule has 0 bridgehead atoms. The Hall–Kier alpha value is -0.570. The molecule has 1 saturated carbocycles. The fourth-order valence-corrected chi connectivity index (χ4v) is 1.40. The summed E-state index contributed by atoms with van der Waals surface area (Å²) in [5.74, 6) is 0.513. The van der Waals surface area contributed by atoms with Crippen LogP contribution in [0.4, 0.5) is 0 Å². The summed E-state index contributed by atoms with van der Waals surface area (Å²) in [4.78, 5) is 11.5. The van der Waals surface area contributed by atoms with Crippen molar-refractivity contribution in [1.29, 1.82) is 0 Å². The minimum absolute atomic E-state index is 0.105. The van der Waals surface area contributed by atoms with Gasteiger partial charge < -0.3 is 10.4 Å². The van der Waals surface area contributed by atoms with Crippen molar-refractivity contribution in [2.75, 3.05) is 6.61 Å². The molecule has 0 aromatic heterocycles. The molecule has 0 aliphatic heterocycles. The SMILES string of the molecule is CC(C)(C)C(=O)NC1CC(CO)C1. The van der Waals surface area contributed by atoms with Gasteiger partial charge >= 0.3 is 0 Å². The van der Waals surface area contributed by atoms with Gasteiger partial charge in [0.15, 0.2) is 0 Å². The second-order valence-corrected chi connectivity index (χ2v) is 4.94. The number of aliphatic hydroxyl groups excluding tert-OH is 1. The minimum atomic E-state index is -0.301. The molecule has 1 aliphatic rings. The maximum atomic E-state index is 11.5. The molecular formula is C10H19NO2. The van der Waals surface area contributed by atoms with Gasteiger partial charge in [-0.25, -0.2) is 0 Å². The van der Waals surface area contributed by atoms with E-state index in [0.29, 0.717) is 12.0 Å². The van der Waals surface area contributed by atoms with Crippen LogP contribution < -0.4 is 5.32 Å². The predicted molar refractivity (Wildman–Crippen MR) is 51.2 cm³/mol. The van der Waals surface area contributed by atoms with Crippen molar-refractivity contribution < 1.29 is 9.90 Å². The summed E-state index contributed by atoms with van der Waals surface area (Å²) in [6.45, 7) is 5.97. The standard InChI is InChI=1S/C10H19NO2/c1-10(2,3)9(13)11-8-4-7(5-8)6-12/h7-8,12H,4-6H2,1-3H3,(H,11,13). The third-order valence-corrected chi connectivity index (χ3v) is 2.51. The van der Waals surface area contributed by atoms with Crippen molar-refractivity contribution in [2.45, 2.75) is 39.7 Å². The van der Waals surface area contributed by atoms with Crippen LogP contribution in [0.15, 0.2) is 0 Å². The van der Waals surface area contributed by atoms with Crippen LogP contribution in [0.5, 0.6) is 0 Å². The average molecular weight is 185 g/mol. The Morgan fingerprint density at radius 1 is 1.46 bits per heavy atom. The van der Waals surface area contributed by atoms with Crippen molar-refractivity contribution in [3.63, 3.8) is 0 Å². The Bertz CT molecular complexity index is 190. The van der Waals surface area contributed by atoms with Gasteiger partial charge in [0.1, 0.15) is 0 Å². The van der Waals surface area contributed by atoms with Crippen LogP contribution in [-0.4, -0.2) is 23.7 Å². The molecule has 0 heterocycles. The van der Waals surface area contributed by atoms with Crippen molar-refractivity contribution in [2.24, 2.45) is 11.3 Å². The van der Waals surface area contributed by atoms with Gasteiger partial charge in [-0.3, -0.25) is 4.79 Å².